The Kier molecular flexibility index (Phi) is 3.03. The lowest BCUT2D eigenvalue weighted by Crippen LogP contribution is -2.47. The van der Waals surface area contributed by atoms with E-state index in [1.165, 1.54) is 4.31 Å². The average molecular weight is 274 g/mol. The summed E-state index contributed by atoms with van der Waals surface area (Å²) in [4.78, 5) is 0.146. The minimum absolute atomic E-state index is 0.146. The van der Waals surface area contributed by atoms with E-state index in [0.29, 0.717) is 18.1 Å². The number of nitrogens with zero attached hydrogens (tertiary/aromatic N) is 2. The second kappa shape index (κ2) is 4.04. The minimum Gasteiger partial charge on any atom is -0.360 e. The van der Waals surface area contributed by atoms with Crippen LogP contribution in [-0.4, -0.2) is 36.3 Å². The van der Waals surface area contributed by atoms with Gasteiger partial charge in [-0.05, 0) is 34.6 Å². The quantitative estimate of drug-likeness (QED) is 0.816. The first kappa shape index (κ1) is 13.5. The molecule has 18 heavy (non-hydrogen) atoms. The van der Waals surface area contributed by atoms with Crippen LogP contribution in [0.1, 0.15) is 32.2 Å². The predicted molar refractivity (Wildman–Crippen MR) is 64.5 cm³/mol. The fourth-order valence-electron chi connectivity index (χ4n) is 2.41. The van der Waals surface area contributed by atoms with E-state index in [-0.39, 0.29) is 4.90 Å². The highest BCUT2D eigenvalue weighted by Gasteiger charge is 2.48. The van der Waals surface area contributed by atoms with Crippen LogP contribution in [0, 0.1) is 13.8 Å². The number of aromatic nitrogens is 1. The molecule has 102 valence electrons. The second-order valence-electron chi connectivity index (χ2n) is 5.18. The third kappa shape index (κ3) is 1.86. The number of sulfonamides is 1. The first-order valence-electron chi connectivity index (χ1n) is 5.77. The van der Waals surface area contributed by atoms with Crippen molar-refractivity contribution < 1.29 is 17.7 Å². The van der Waals surface area contributed by atoms with Gasteiger partial charge in [0, 0.05) is 0 Å². The summed E-state index contributed by atoms with van der Waals surface area (Å²) in [5, 5.41) is 3.70. The van der Waals surface area contributed by atoms with Gasteiger partial charge in [-0.25, -0.2) is 8.42 Å². The molecule has 1 aromatic heterocycles. The van der Waals surface area contributed by atoms with E-state index in [9.17, 15) is 8.42 Å². The summed E-state index contributed by atoms with van der Waals surface area (Å²) in [6.07, 6.45) is -0.487. The maximum atomic E-state index is 12.7. The maximum absolute atomic E-state index is 12.7. The summed E-state index contributed by atoms with van der Waals surface area (Å²) in [6.45, 7) is 9.00. The van der Waals surface area contributed by atoms with Crippen molar-refractivity contribution in [2.45, 2.75) is 51.3 Å². The molecular formula is C11H18N2O4S. The van der Waals surface area contributed by atoms with Crippen LogP contribution in [0.15, 0.2) is 9.42 Å². The molecular weight excluding hydrogens is 256 g/mol. The Bertz CT molecular complexity index is 542. The number of aryl methyl sites for hydroxylation is 2. The molecule has 0 bridgehead atoms. The fourth-order valence-corrected chi connectivity index (χ4v) is 4.57. The fraction of sp³-hybridized carbons (Fsp3) is 0.727. The third-order valence-corrected chi connectivity index (χ3v) is 5.50. The Morgan fingerprint density at radius 3 is 2.39 bits per heavy atom. The molecule has 0 aliphatic carbocycles. The molecule has 0 amide bonds. The molecule has 1 unspecified atom stereocenters. The second-order valence-corrected chi connectivity index (χ2v) is 6.93. The molecule has 1 aliphatic heterocycles. The molecule has 1 aromatic rings. The normalized spacial score (nSPS) is 24.6. The van der Waals surface area contributed by atoms with Crippen molar-refractivity contribution in [3.63, 3.8) is 0 Å². The van der Waals surface area contributed by atoms with Gasteiger partial charge in [0.15, 0.2) is 5.76 Å². The van der Waals surface area contributed by atoms with E-state index >= 15 is 0 Å². The van der Waals surface area contributed by atoms with Gasteiger partial charge in [0.2, 0.25) is 0 Å². The molecule has 0 spiro atoms. The Balaban J connectivity index is 2.56. The first-order valence-corrected chi connectivity index (χ1v) is 7.21. The summed E-state index contributed by atoms with van der Waals surface area (Å²) < 4.78 is 37.2. The third-order valence-electron chi connectivity index (χ3n) is 3.09. The zero-order valence-corrected chi connectivity index (χ0v) is 12.0. The maximum Gasteiger partial charge on any atom is 0.251 e. The SMILES string of the molecule is Cc1noc(C)c1S(=O)(=O)N1C(C)OCC1(C)C. The van der Waals surface area contributed by atoms with Crippen LogP contribution in [0.25, 0.3) is 0 Å². The van der Waals surface area contributed by atoms with Crippen LogP contribution in [0.4, 0.5) is 0 Å². The van der Waals surface area contributed by atoms with Gasteiger partial charge in [-0.1, -0.05) is 5.16 Å². The molecule has 7 heteroatoms. The van der Waals surface area contributed by atoms with E-state index < -0.39 is 21.8 Å². The van der Waals surface area contributed by atoms with E-state index in [4.69, 9.17) is 9.26 Å². The lowest BCUT2D eigenvalue weighted by molar-refractivity contribution is 0.0843. The average Bonchev–Trinajstić information content (AvgIpc) is 2.68. The molecule has 6 nitrogen and oxygen atoms in total. The van der Waals surface area contributed by atoms with Gasteiger partial charge < -0.3 is 9.26 Å². The Labute approximate surface area is 107 Å². The smallest absolute Gasteiger partial charge is 0.251 e. The Hall–Kier alpha value is -0.920. The van der Waals surface area contributed by atoms with Gasteiger partial charge in [-0.15, -0.1) is 0 Å². The van der Waals surface area contributed by atoms with Gasteiger partial charge in [0.25, 0.3) is 10.0 Å². The zero-order valence-electron chi connectivity index (χ0n) is 11.2. The topological polar surface area (TPSA) is 72.6 Å². The molecule has 1 aliphatic rings. The summed E-state index contributed by atoms with van der Waals surface area (Å²) >= 11 is 0. The highest BCUT2D eigenvalue weighted by molar-refractivity contribution is 7.89. The predicted octanol–water partition coefficient (Wildman–Crippen LogP) is 1.44. The van der Waals surface area contributed by atoms with Crippen molar-refractivity contribution in [3.05, 3.63) is 11.5 Å². The lowest BCUT2D eigenvalue weighted by Gasteiger charge is -2.30. The Morgan fingerprint density at radius 2 is 2.00 bits per heavy atom. The lowest BCUT2D eigenvalue weighted by atomic mass is 10.1. The van der Waals surface area contributed by atoms with Crippen LogP contribution < -0.4 is 0 Å². The number of hydrogen-bond acceptors (Lipinski definition) is 5. The highest BCUT2D eigenvalue weighted by Crippen LogP contribution is 2.35. The largest absolute Gasteiger partial charge is 0.360 e. The molecule has 2 heterocycles. The van der Waals surface area contributed by atoms with Crippen molar-refractivity contribution in [2.75, 3.05) is 6.61 Å². The van der Waals surface area contributed by atoms with Crippen molar-refractivity contribution in [1.29, 1.82) is 0 Å². The molecule has 0 N–H and O–H groups in total. The summed E-state index contributed by atoms with van der Waals surface area (Å²) in [5.74, 6) is 0.308. The van der Waals surface area contributed by atoms with Crippen LogP contribution in [-0.2, 0) is 14.8 Å². The van der Waals surface area contributed by atoms with Crippen LogP contribution in [0.3, 0.4) is 0 Å². The first-order chi connectivity index (χ1) is 8.18. The number of ether oxygens (including phenoxy) is 1. The van der Waals surface area contributed by atoms with Crippen LogP contribution in [0.5, 0.6) is 0 Å². The molecule has 0 radical (unpaired) electrons. The van der Waals surface area contributed by atoms with Crippen molar-refractivity contribution in [1.82, 2.24) is 9.46 Å². The molecule has 0 aromatic carbocycles. The van der Waals surface area contributed by atoms with Crippen LogP contribution >= 0.6 is 0 Å². The van der Waals surface area contributed by atoms with E-state index in [0.717, 1.165) is 0 Å². The van der Waals surface area contributed by atoms with Crippen molar-refractivity contribution in [2.24, 2.45) is 0 Å². The van der Waals surface area contributed by atoms with E-state index in [1.807, 2.05) is 13.8 Å². The van der Waals surface area contributed by atoms with Gasteiger partial charge in [-0.3, -0.25) is 0 Å². The summed E-state index contributed by atoms with van der Waals surface area (Å²) in [6, 6.07) is 0. The van der Waals surface area contributed by atoms with Crippen LogP contribution in [0.2, 0.25) is 0 Å². The highest BCUT2D eigenvalue weighted by atomic mass is 32.2. The zero-order chi connectivity index (χ0) is 13.7. The van der Waals surface area contributed by atoms with Gasteiger partial charge in [0.1, 0.15) is 16.8 Å². The molecule has 1 fully saturated rings. The standard InChI is InChI=1S/C11H18N2O4S/c1-7-10(8(2)17-12-7)18(14,15)13-9(3)16-6-11(13,4)5/h9H,6H2,1-5H3. The van der Waals surface area contributed by atoms with Gasteiger partial charge in [-0.2, -0.15) is 4.31 Å². The molecule has 1 atom stereocenters. The molecule has 2 rings (SSSR count). The van der Waals surface area contributed by atoms with Gasteiger partial charge in [0.05, 0.1) is 12.1 Å². The number of rotatable bonds is 2. The van der Waals surface area contributed by atoms with E-state index in [1.54, 1.807) is 20.8 Å². The van der Waals surface area contributed by atoms with Gasteiger partial charge >= 0.3 is 0 Å². The summed E-state index contributed by atoms with van der Waals surface area (Å²) in [7, 11) is -3.66. The van der Waals surface area contributed by atoms with Crippen molar-refractivity contribution >= 4 is 10.0 Å². The minimum atomic E-state index is -3.66. The monoisotopic (exact) mass is 274 g/mol. The molecule has 0 saturated carbocycles. The Morgan fingerprint density at radius 1 is 1.39 bits per heavy atom. The van der Waals surface area contributed by atoms with E-state index in [2.05, 4.69) is 5.16 Å². The number of hydrogen-bond donors (Lipinski definition) is 0. The van der Waals surface area contributed by atoms with Crippen molar-refractivity contribution in [3.8, 4) is 0 Å². The molecule has 1 saturated heterocycles. The summed E-state index contributed by atoms with van der Waals surface area (Å²) in [5.41, 5.74) is -0.198.